The number of aromatic amines is 2. The summed E-state index contributed by atoms with van der Waals surface area (Å²) in [6.45, 7) is 4.78. The molecular weight excluding hydrogens is 986 g/mol. The summed E-state index contributed by atoms with van der Waals surface area (Å²) < 4.78 is 7.66. The Morgan fingerprint density at radius 1 is 0.676 bits per heavy atom. The van der Waals surface area contributed by atoms with Crippen LogP contribution < -0.4 is 38.2 Å². The Morgan fingerprint density at radius 2 is 1.18 bits per heavy atom. The van der Waals surface area contributed by atoms with Gasteiger partial charge in [-0.1, -0.05) is 12.1 Å². The van der Waals surface area contributed by atoms with Crippen LogP contribution in [-0.4, -0.2) is 91.1 Å². The Bertz CT molecular complexity index is 2890. The summed E-state index contributed by atoms with van der Waals surface area (Å²) >= 11 is 0. The number of aromatic nitrogens is 6. The van der Waals surface area contributed by atoms with E-state index in [1.54, 1.807) is 92.2 Å². The molecule has 5 aromatic heterocycles. The molecule has 0 aliphatic carbocycles. The number of nitrogens with zero attached hydrogens (tertiary/aromatic N) is 4. The van der Waals surface area contributed by atoms with Gasteiger partial charge in [-0.3, -0.25) is 47.5 Å². The average Bonchev–Trinajstić information content (AvgIpc) is 3.90. The Morgan fingerprint density at radius 3 is 1.61 bits per heavy atom. The minimum atomic E-state index is -0.245. The first kappa shape index (κ1) is 62.1. The van der Waals surface area contributed by atoms with Gasteiger partial charge in [-0.25, -0.2) is 9.97 Å². The number of halogens is 1. The number of aliphatic hydroxyl groups excluding tert-OH is 1. The highest BCUT2D eigenvalue weighted by Crippen LogP contribution is 2.18. The highest BCUT2D eigenvalue weighted by atomic mass is 79.9. The molecule has 8 N–H and O–H groups in total. The highest BCUT2D eigenvalue weighted by molar-refractivity contribution is 8.93. The summed E-state index contributed by atoms with van der Waals surface area (Å²) in [5.74, 6) is 0.859. The van der Waals surface area contributed by atoms with Gasteiger partial charge >= 0.3 is 0 Å². The van der Waals surface area contributed by atoms with E-state index < -0.39 is 0 Å². The number of rotatable bonds is 12. The number of amides is 2. The topological polar surface area (TPSA) is 326 Å². The molecule has 0 spiro atoms. The molecule has 0 fully saturated rings. The van der Waals surface area contributed by atoms with Crippen LogP contribution >= 0.6 is 17.0 Å². The smallest absolute Gasteiger partial charge is 0.255 e. The number of unbranched alkanes of at least 4 members (excludes halogenated alkanes) is 1. The first-order valence-corrected chi connectivity index (χ1v) is 20.5. The van der Waals surface area contributed by atoms with Crippen molar-refractivity contribution in [1.29, 1.82) is 0 Å². The standard InChI is InChI=1S/C16H14N4O2.C14H12N2O3.C7H7NO2.C6H5NO2.C4H6O2.C2H6O.BrH.H3N/c1-11(21)19-13-3-2-4-14(9-13)20-10-12(5-6-15(20)22)16-17-7-8-18-16;1-10(18)15-12-3-2-4-13(7-12)16-8-11(9-17)5-6-14(16)19;1-10-7-3-2-6(5-9)4-8-7;8-4-5-1-2-6(9)7-3-5;5-3-1-2-4-6;1-2-3;;/h2-10H,1H3,(H,17,18)(H,19,21);2-9H,1H3,(H,15,18);2-5H,1H3;1-4H,(H,7,9);3-4H,1-2H2;3H,2H2,1H3;1H;1H3. The van der Waals surface area contributed by atoms with Crippen molar-refractivity contribution in [2.45, 2.75) is 33.6 Å². The second kappa shape index (κ2) is 35.3. The molecule has 7 rings (SSSR count). The van der Waals surface area contributed by atoms with Crippen LogP contribution in [0.1, 0.15) is 64.7 Å². The third-order valence-electron chi connectivity index (χ3n) is 8.09. The van der Waals surface area contributed by atoms with Crippen molar-refractivity contribution in [2.24, 2.45) is 0 Å². The second-order valence-corrected chi connectivity index (χ2v) is 13.4. The molecule has 0 atom stereocenters. The first-order valence-electron chi connectivity index (χ1n) is 20.5. The van der Waals surface area contributed by atoms with Gasteiger partial charge < -0.3 is 46.2 Å². The summed E-state index contributed by atoms with van der Waals surface area (Å²) in [5.41, 5.74) is 4.13. The van der Waals surface area contributed by atoms with Crippen molar-refractivity contribution < 1.29 is 43.4 Å². The second-order valence-electron chi connectivity index (χ2n) is 13.4. The van der Waals surface area contributed by atoms with Gasteiger partial charge in [-0.05, 0) is 67.6 Å². The number of methoxy groups -OCH3 is 1. The Kier molecular flexibility index (Phi) is 30.9. The van der Waals surface area contributed by atoms with E-state index >= 15 is 0 Å². The number of imidazole rings is 1. The van der Waals surface area contributed by atoms with Crippen LogP contribution in [0.5, 0.6) is 5.88 Å². The number of aliphatic hydroxyl groups is 1. The van der Waals surface area contributed by atoms with Gasteiger partial charge in [0.05, 0.1) is 18.5 Å². The zero-order chi connectivity index (χ0) is 51.0. The summed E-state index contributed by atoms with van der Waals surface area (Å²) in [7, 11) is 1.53. The maximum absolute atomic E-state index is 12.1. The minimum Gasteiger partial charge on any atom is -0.481 e. The van der Waals surface area contributed by atoms with Crippen molar-refractivity contribution >= 4 is 71.6 Å². The molecule has 0 aliphatic rings. The molecule has 7 aromatic rings. The predicted octanol–water partition coefficient (Wildman–Crippen LogP) is 5.79. The molecule has 0 aliphatic heterocycles. The lowest BCUT2D eigenvalue weighted by molar-refractivity contribution is -0.115. The molecule has 2 amide bonds. The number of hydrogen-bond donors (Lipinski definition) is 6. The first-order chi connectivity index (χ1) is 33.2. The van der Waals surface area contributed by atoms with Crippen LogP contribution in [0.15, 0.2) is 149 Å². The van der Waals surface area contributed by atoms with Gasteiger partial charge in [-0.2, -0.15) is 0 Å². The van der Waals surface area contributed by atoms with Gasteiger partial charge in [0, 0.05) is 128 Å². The monoisotopic (exact) mass is 1040 g/mol. The van der Waals surface area contributed by atoms with Crippen molar-refractivity contribution in [1.82, 2.24) is 35.2 Å². The van der Waals surface area contributed by atoms with E-state index in [9.17, 15) is 47.9 Å². The predicted molar refractivity (Wildman–Crippen MR) is 274 cm³/mol. The van der Waals surface area contributed by atoms with Gasteiger partial charge in [0.25, 0.3) is 11.1 Å². The number of aldehydes is 5. The van der Waals surface area contributed by atoms with Crippen LogP contribution in [0, 0.1) is 0 Å². The largest absolute Gasteiger partial charge is 0.481 e. The Labute approximate surface area is 417 Å². The van der Waals surface area contributed by atoms with Crippen molar-refractivity contribution in [3.8, 4) is 28.6 Å². The molecule has 71 heavy (non-hydrogen) atoms. The average molecular weight is 1040 g/mol. The lowest BCUT2D eigenvalue weighted by Gasteiger charge is -2.09. The quantitative estimate of drug-likeness (QED) is 0.0623. The van der Waals surface area contributed by atoms with Gasteiger partial charge in [0.15, 0.2) is 18.9 Å². The number of benzene rings is 2. The van der Waals surface area contributed by atoms with E-state index in [0.29, 0.717) is 76.6 Å². The highest BCUT2D eigenvalue weighted by Gasteiger charge is 2.07. The Balaban J connectivity index is 0.000000903. The fourth-order valence-corrected chi connectivity index (χ4v) is 5.11. The molecule has 374 valence electrons. The van der Waals surface area contributed by atoms with Crippen LogP contribution in [0.4, 0.5) is 11.4 Å². The number of pyridine rings is 4. The molecule has 0 saturated carbocycles. The number of carbonyl (C=O) groups excluding carboxylic acids is 7. The van der Waals surface area contributed by atoms with E-state index in [-0.39, 0.29) is 58.2 Å². The molecular formula is C49H54BrN9O12. The molecule has 0 unspecified atom stereocenters. The third-order valence-corrected chi connectivity index (χ3v) is 8.09. The van der Waals surface area contributed by atoms with E-state index in [1.165, 1.54) is 79.0 Å². The van der Waals surface area contributed by atoms with E-state index in [4.69, 9.17) is 9.84 Å². The minimum absolute atomic E-state index is 0. The molecule has 2 aromatic carbocycles. The fraction of sp³-hybridized carbons (Fsp3) is 0.143. The summed E-state index contributed by atoms with van der Waals surface area (Å²) in [6, 6.07) is 26.0. The van der Waals surface area contributed by atoms with Crippen molar-refractivity contribution in [3.05, 3.63) is 182 Å². The summed E-state index contributed by atoms with van der Waals surface area (Å²) in [5, 5.41) is 12.9. The van der Waals surface area contributed by atoms with Gasteiger partial charge in [-0.15, -0.1) is 17.0 Å². The Hall–Kier alpha value is -8.86. The lowest BCUT2D eigenvalue weighted by atomic mass is 10.2. The number of nitrogens with one attached hydrogen (secondary N) is 4. The number of carbonyl (C=O) groups is 7. The fourth-order valence-electron chi connectivity index (χ4n) is 5.11. The number of anilines is 2. The molecule has 0 saturated heterocycles. The van der Waals surface area contributed by atoms with Crippen LogP contribution in [0.3, 0.4) is 0 Å². The van der Waals surface area contributed by atoms with Crippen molar-refractivity contribution in [2.75, 3.05) is 24.4 Å². The van der Waals surface area contributed by atoms with E-state index in [1.807, 2.05) is 0 Å². The number of hydrogen-bond acceptors (Lipinski definition) is 15. The SMILES string of the molecule is Br.CC(=O)Nc1cccc(-n2cc(-c3ncc[nH]3)ccc2=O)c1.CC(=O)Nc1cccc(-n2cc(C=O)ccc2=O)c1.CCO.COc1ccc(C=O)cn1.N.O=CCCC=O.O=Cc1ccc(=O)[nH]c1. The maximum Gasteiger partial charge on any atom is 0.255 e. The zero-order valence-corrected chi connectivity index (χ0v) is 40.8. The lowest BCUT2D eigenvalue weighted by Crippen LogP contribution is -2.17. The number of H-pyrrole nitrogens is 2. The summed E-state index contributed by atoms with van der Waals surface area (Å²) in [6.07, 6.45) is 13.7. The van der Waals surface area contributed by atoms with Gasteiger partial charge in [0.2, 0.25) is 23.3 Å². The normalized spacial score (nSPS) is 9.14. The van der Waals surface area contributed by atoms with Crippen LogP contribution in [0.2, 0.25) is 0 Å². The molecule has 0 radical (unpaired) electrons. The van der Waals surface area contributed by atoms with E-state index in [2.05, 4.69) is 30.6 Å². The molecule has 0 bridgehead atoms. The maximum atomic E-state index is 12.1. The molecule has 5 heterocycles. The third kappa shape index (κ3) is 23.6. The van der Waals surface area contributed by atoms with E-state index in [0.717, 1.165) is 24.4 Å². The van der Waals surface area contributed by atoms with Crippen molar-refractivity contribution in [3.63, 3.8) is 0 Å². The molecule has 22 heteroatoms. The van der Waals surface area contributed by atoms with Crippen LogP contribution in [-0.2, 0) is 19.2 Å². The molecule has 21 nitrogen and oxygen atoms in total. The zero-order valence-electron chi connectivity index (χ0n) is 39.1. The van der Waals surface area contributed by atoms with Gasteiger partial charge in [0.1, 0.15) is 18.4 Å². The van der Waals surface area contributed by atoms with Crippen LogP contribution in [0.25, 0.3) is 22.8 Å². The summed E-state index contributed by atoms with van der Waals surface area (Å²) in [4.78, 5) is 119. The number of ether oxygens (including phenoxy) is 1.